The van der Waals surface area contributed by atoms with E-state index >= 15 is 0 Å². The van der Waals surface area contributed by atoms with Crippen molar-refractivity contribution in [2.75, 3.05) is 18.4 Å². The van der Waals surface area contributed by atoms with Gasteiger partial charge in [0.25, 0.3) is 0 Å². The summed E-state index contributed by atoms with van der Waals surface area (Å²) >= 11 is 5.16. The van der Waals surface area contributed by atoms with E-state index in [1.807, 2.05) is 0 Å². The zero-order valence-electron chi connectivity index (χ0n) is 14.1. The maximum Gasteiger partial charge on any atom is 0.411 e. The van der Waals surface area contributed by atoms with Crippen LogP contribution in [0, 0.1) is 5.82 Å². The summed E-state index contributed by atoms with van der Waals surface area (Å²) in [6.45, 7) is 4.69. The lowest BCUT2D eigenvalue weighted by Crippen LogP contribution is -2.45. The van der Waals surface area contributed by atoms with E-state index in [2.05, 4.69) is 5.32 Å². The molecular formula is C17H19FN2O4S. The Kier molecular flexibility index (Phi) is 5.42. The maximum atomic E-state index is 12.9. The lowest BCUT2D eigenvalue weighted by atomic mass is 10.0. The van der Waals surface area contributed by atoms with Crippen LogP contribution in [0.15, 0.2) is 35.6 Å². The molecule has 0 fully saturated rings. The van der Waals surface area contributed by atoms with E-state index < -0.39 is 23.3 Å². The fraction of sp³-hybridized carbons (Fsp3) is 0.353. The minimum absolute atomic E-state index is 0.0120. The lowest BCUT2D eigenvalue weighted by molar-refractivity contribution is -0.117. The van der Waals surface area contributed by atoms with Crippen molar-refractivity contribution in [1.82, 2.24) is 4.90 Å². The Morgan fingerprint density at radius 2 is 1.88 bits per heavy atom. The van der Waals surface area contributed by atoms with E-state index in [0.29, 0.717) is 5.69 Å². The minimum Gasteiger partial charge on any atom is -0.510 e. The van der Waals surface area contributed by atoms with Crippen LogP contribution in [0.2, 0.25) is 0 Å². The highest BCUT2D eigenvalue weighted by Gasteiger charge is 2.33. The molecule has 2 N–H and O–H groups in total. The van der Waals surface area contributed by atoms with Crippen LogP contribution >= 0.6 is 12.2 Å². The summed E-state index contributed by atoms with van der Waals surface area (Å²) in [6.07, 6.45) is -0.691. The number of carbonyl (C=O) groups is 2. The third kappa shape index (κ3) is 4.99. The maximum absolute atomic E-state index is 12.9. The number of thiocarbonyl (C=S) groups is 1. The number of benzene rings is 1. The number of ether oxygens (including phenoxy) is 1. The van der Waals surface area contributed by atoms with Gasteiger partial charge in [-0.2, -0.15) is 0 Å². The first kappa shape index (κ1) is 18.9. The fourth-order valence-corrected chi connectivity index (χ4v) is 2.52. The number of carbonyl (C=O) groups excluding carboxylic acids is 2. The van der Waals surface area contributed by atoms with Gasteiger partial charge < -0.3 is 15.2 Å². The fourth-order valence-electron chi connectivity index (χ4n) is 2.17. The Hall–Kier alpha value is -2.48. The monoisotopic (exact) mass is 366 g/mol. The number of halogens is 1. The molecule has 0 spiro atoms. The zero-order chi connectivity index (χ0) is 18.8. The van der Waals surface area contributed by atoms with Crippen LogP contribution in [0.4, 0.5) is 14.9 Å². The molecule has 0 aromatic heterocycles. The molecule has 25 heavy (non-hydrogen) atoms. The number of hydrogen-bond acceptors (Lipinski definition) is 5. The molecule has 2 rings (SSSR count). The number of hydrogen-bond donors (Lipinski definition) is 2. The van der Waals surface area contributed by atoms with Crippen molar-refractivity contribution in [3.63, 3.8) is 0 Å². The molecule has 8 heteroatoms. The molecule has 0 atom stereocenters. The Morgan fingerprint density at radius 3 is 2.40 bits per heavy atom. The Balaban J connectivity index is 2.12. The molecule has 6 nitrogen and oxygen atoms in total. The first-order valence-electron chi connectivity index (χ1n) is 7.57. The van der Waals surface area contributed by atoms with Gasteiger partial charge in [-0.25, -0.2) is 9.18 Å². The predicted octanol–water partition coefficient (Wildman–Crippen LogP) is 3.20. The summed E-state index contributed by atoms with van der Waals surface area (Å²) in [5.74, 6) is -1.23. The molecule has 1 amide bonds. The van der Waals surface area contributed by atoms with Crippen LogP contribution in [0.25, 0.3) is 0 Å². The average molecular weight is 366 g/mol. The summed E-state index contributed by atoms with van der Waals surface area (Å²) < 4.78 is 18.1. The molecule has 0 radical (unpaired) electrons. The van der Waals surface area contributed by atoms with Crippen LogP contribution in [0.3, 0.4) is 0 Å². The standard InChI is InChI=1S/C17H19FN2O4S/c1-17(2,3)24-16(23)20-8-12(21)14(13(22)9-20)15(25)19-11-6-4-10(18)5-7-11/h4-7,21H,8-9H2,1-3H3,(H,19,25). The lowest BCUT2D eigenvalue weighted by Gasteiger charge is -2.30. The second-order valence-electron chi connectivity index (χ2n) is 6.54. The van der Waals surface area contributed by atoms with Gasteiger partial charge in [-0.15, -0.1) is 0 Å². The number of ketones is 1. The van der Waals surface area contributed by atoms with E-state index in [9.17, 15) is 19.1 Å². The number of aliphatic hydroxyl groups excluding tert-OH is 1. The van der Waals surface area contributed by atoms with Gasteiger partial charge in [0.2, 0.25) is 0 Å². The van der Waals surface area contributed by atoms with Gasteiger partial charge in [-0.3, -0.25) is 9.69 Å². The third-order valence-corrected chi connectivity index (χ3v) is 3.53. The van der Waals surface area contributed by atoms with Gasteiger partial charge in [-0.05, 0) is 45.0 Å². The van der Waals surface area contributed by atoms with Crippen LogP contribution < -0.4 is 5.32 Å². The molecule has 1 aromatic rings. The van der Waals surface area contributed by atoms with E-state index in [1.165, 1.54) is 24.3 Å². The average Bonchev–Trinajstić information content (AvgIpc) is 2.47. The Bertz CT molecular complexity index is 738. The molecule has 0 saturated heterocycles. The molecule has 1 aliphatic heterocycles. The van der Waals surface area contributed by atoms with Crippen molar-refractivity contribution >= 4 is 34.8 Å². The highest BCUT2D eigenvalue weighted by Crippen LogP contribution is 2.19. The van der Waals surface area contributed by atoms with Crippen molar-refractivity contribution in [3.8, 4) is 0 Å². The van der Waals surface area contributed by atoms with E-state index in [1.54, 1.807) is 20.8 Å². The quantitative estimate of drug-likeness (QED) is 0.783. The number of amides is 1. The van der Waals surface area contributed by atoms with Gasteiger partial charge in [0.05, 0.1) is 18.7 Å². The molecule has 0 aliphatic carbocycles. The van der Waals surface area contributed by atoms with Crippen molar-refractivity contribution in [2.45, 2.75) is 26.4 Å². The van der Waals surface area contributed by atoms with Crippen molar-refractivity contribution < 1.29 is 23.8 Å². The molecule has 134 valence electrons. The first-order valence-corrected chi connectivity index (χ1v) is 7.98. The number of Topliss-reactive ketones (excluding diaryl/α,β-unsaturated/α-hetero) is 1. The molecule has 0 bridgehead atoms. The van der Waals surface area contributed by atoms with Crippen LogP contribution in [0.5, 0.6) is 0 Å². The molecule has 1 aromatic carbocycles. The Morgan fingerprint density at radius 1 is 1.28 bits per heavy atom. The number of rotatable bonds is 2. The van der Waals surface area contributed by atoms with Gasteiger partial charge in [0, 0.05) is 5.69 Å². The summed E-state index contributed by atoms with van der Waals surface area (Å²) in [5, 5.41) is 12.9. The normalized spacial score (nSPS) is 15.2. The number of nitrogens with one attached hydrogen (secondary N) is 1. The molecular weight excluding hydrogens is 347 g/mol. The second-order valence-corrected chi connectivity index (χ2v) is 6.95. The van der Waals surface area contributed by atoms with Crippen LogP contribution in [0.1, 0.15) is 20.8 Å². The van der Waals surface area contributed by atoms with Crippen molar-refractivity contribution in [2.24, 2.45) is 0 Å². The van der Waals surface area contributed by atoms with E-state index in [-0.39, 0.29) is 29.4 Å². The number of anilines is 1. The molecule has 0 saturated carbocycles. The summed E-state index contributed by atoms with van der Waals surface area (Å²) in [6, 6.07) is 5.40. The van der Waals surface area contributed by atoms with Gasteiger partial charge in [0.1, 0.15) is 22.2 Å². The third-order valence-electron chi connectivity index (χ3n) is 3.22. The number of aliphatic hydroxyl groups is 1. The van der Waals surface area contributed by atoms with E-state index in [4.69, 9.17) is 17.0 Å². The molecule has 0 unspecified atom stereocenters. The van der Waals surface area contributed by atoms with Gasteiger partial charge >= 0.3 is 6.09 Å². The summed E-state index contributed by atoms with van der Waals surface area (Å²) in [5.41, 5.74) is -0.285. The highest BCUT2D eigenvalue weighted by atomic mass is 32.1. The predicted molar refractivity (Wildman–Crippen MR) is 95.1 cm³/mol. The topological polar surface area (TPSA) is 78.9 Å². The second kappa shape index (κ2) is 7.18. The minimum atomic E-state index is -0.709. The summed E-state index contributed by atoms with van der Waals surface area (Å²) in [7, 11) is 0. The summed E-state index contributed by atoms with van der Waals surface area (Å²) in [4.78, 5) is 25.5. The molecule has 1 aliphatic rings. The van der Waals surface area contributed by atoms with Crippen molar-refractivity contribution in [1.29, 1.82) is 0 Å². The number of nitrogens with zero attached hydrogens (tertiary/aromatic N) is 1. The van der Waals surface area contributed by atoms with Crippen LogP contribution in [-0.4, -0.2) is 45.6 Å². The van der Waals surface area contributed by atoms with Gasteiger partial charge in [-0.1, -0.05) is 12.2 Å². The SMILES string of the molecule is CC(C)(C)OC(=O)N1CC(=O)C(C(=S)Nc2ccc(F)cc2)=C(O)C1. The van der Waals surface area contributed by atoms with E-state index in [0.717, 1.165) is 4.90 Å². The highest BCUT2D eigenvalue weighted by molar-refractivity contribution is 7.81. The zero-order valence-corrected chi connectivity index (χ0v) is 14.9. The molecule has 1 heterocycles. The largest absolute Gasteiger partial charge is 0.510 e. The Labute approximate surface area is 150 Å². The van der Waals surface area contributed by atoms with Crippen molar-refractivity contribution in [3.05, 3.63) is 41.4 Å². The van der Waals surface area contributed by atoms with Gasteiger partial charge in [0.15, 0.2) is 5.78 Å². The smallest absolute Gasteiger partial charge is 0.411 e. The van der Waals surface area contributed by atoms with Crippen LogP contribution in [-0.2, 0) is 9.53 Å². The first-order chi connectivity index (χ1) is 11.6.